The first-order valence-electron chi connectivity index (χ1n) is 6.31. The molecule has 0 aliphatic carbocycles. The highest BCUT2D eigenvalue weighted by Gasteiger charge is 2.17. The summed E-state index contributed by atoms with van der Waals surface area (Å²) in [5.74, 6) is 1.55. The fourth-order valence-electron chi connectivity index (χ4n) is 2.17. The zero-order valence-corrected chi connectivity index (χ0v) is 12.7. The van der Waals surface area contributed by atoms with E-state index in [4.69, 9.17) is 15.2 Å². The second-order valence-corrected chi connectivity index (χ2v) is 5.18. The molecule has 20 heavy (non-hydrogen) atoms. The minimum atomic E-state index is -0.247. The average molecular weight is 289 g/mol. The van der Waals surface area contributed by atoms with Crippen LogP contribution < -0.4 is 15.2 Å². The molecule has 2 aromatic carbocycles. The summed E-state index contributed by atoms with van der Waals surface area (Å²) in [6.07, 6.45) is 2.05. The van der Waals surface area contributed by atoms with Crippen LogP contribution in [0.3, 0.4) is 0 Å². The average Bonchev–Trinajstić information content (AvgIpc) is 2.53. The number of methoxy groups -OCH3 is 2. The van der Waals surface area contributed by atoms with E-state index in [1.807, 2.05) is 36.6 Å². The predicted octanol–water partition coefficient (Wildman–Crippen LogP) is 3.47. The number of ether oxygens (including phenoxy) is 2. The summed E-state index contributed by atoms with van der Waals surface area (Å²) < 4.78 is 10.7. The summed E-state index contributed by atoms with van der Waals surface area (Å²) in [6.45, 7) is 0. The van der Waals surface area contributed by atoms with Gasteiger partial charge in [0.15, 0.2) is 0 Å². The summed E-state index contributed by atoms with van der Waals surface area (Å²) in [4.78, 5) is 1.17. The molecule has 0 aliphatic rings. The van der Waals surface area contributed by atoms with Crippen LogP contribution in [0.25, 0.3) is 0 Å². The molecule has 2 N–H and O–H groups in total. The molecule has 0 saturated carbocycles. The van der Waals surface area contributed by atoms with Crippen LogP contribution in [-0.4, -0.2) is 20.5 Å². The highest BCUT2D eigenvalue weighted by Crippen LogP contribution is 2.35. The Balaban J connectivity index is 2.49. The van der Waals surface area contributed by atoms with Crippen molar-refractivity contribution in [3.63, 3.8) is 0 Å². The van der Waals surface area contributed by atoms with Crippen LogP contribution >= 0.6 is 11.8 Å². The SMILES string of the molecule is COc1ccc(OC)c(C(N)c2ccccc2SC)c1. The lowest BCUT2D eigenvalue weighted by Gasteiger charge is -2.19. The van der Waals surface area contributed by atoms with Gasteiger partial charge in [-0.1, -0.05) is 18.2 Å². The standard InChI is InChI=1S/C16H19NO2S/c1-18-11-8-9-14(19-2)13(10-11)16(17)12-6-4-5-7-15(12)20-3/h4-10,16H,17H2,1-3H3. The Morgan fingerprint density at radius 1 is 1.00 bits per heavy atom. The van der Waals surface area contributed by atoms with Crippen LogP contribution in [0.1, 0.15) is 17.2 Å². The molecule has 0 fully saturated rings. The predicted molar refractivity (Wildman–Crippen MR) is 83.8 cm³/mol. The number of thioether (sulfide) groups is 1. The van der Waals surface area contributed by atoms with Gasteiger partial charge in [-0.05, 0) is 36.1 Å². The van der Waals surface area contributed by atoms with E-state index in [1.54, 1.807) is 26.0 Å². The van der Waals surface area contributed by atoms with Gasteiger partial charge < -0.3 is 15.2 Å². The fourth-order valence-corrected chi connectivity index (χ4v) is 2.82. The first-order valence-corrected chi connectivity index (χ1v) is 7.54. The normalized spacial score (nSPS) is 12.0. The number of benzene rings is 2. The number of nitrogens with two attached hydrogens (primary N) is 1. The van der Waals surface area contributed by atoms with Gasteiger partial charge in [-0.2, -0.15) is 0 Å². The second kappa shape index (κ2) is 6.68. The Bertz CT molecular complexity index is 586. The molecule has 1 unspecified atom stereocenters. The minimum Gasteiger partial charge on any atom is -0.497 e. The molecule has 0 bridgehead atoms. The van der Waals surface area contributed by atoms with Crippen LogP contribution in [0.4, 0.5) is 0 Å². The molecule has 4 heteroatoms. The number of rotatable bonds is 5. The highest BCUT2D eigenvalue weighted by molar-refractivity contribution is 7.98. The van der Waals surface area contributed by atoms with Gasteiger partial charge in [0.05, 0.1) is 20.3 Å². The molecular formula is C16H19NO2S. The summed E-state index contributed by atoms with van der Waals surface area (Å²) in [5.41, 5.74) is 8.46. The molecule has 0 saturated heterocycles. The van der Waals surface area contributed by atoms with E-state index in [9.17, 15) is 0 Å². The third kappa shape index (κ3) is 2.92. The van der Waals surface area contributed by atoms with E-state index in [0.29, 0.717) is 0 Å². The van der Waals surface area contributed by atoms with E-state index in [1.165, 1.54) is 4.90 Å². The lowest BCUT2D eigenvalue weighted by Crippen LogP contribution is -2.14. The van der Waals surface area contributed by atoms with Gasteiger partial charge in [-0.25, -0.2) is 0 Å². The van der Waals surface area contributed by atoms with Crippen molar-refractivity contribution in [2.75, 3.05) is 20.5 Å². The van der Waals surface area contributed by atoms with Crippen molar-refractivity contribution in [2.24, 2.45) is 5.73 Å². The first kappa shape index (κ1) is 14.8. The quantitative estimate of drug-likeness (QED) is 0.856. The zero-order valence-electron chi connectivity index (χ0n) is 11.9. The minimum absolute atomic E-state index is 0.247. The molecule has 0 aliphatic heterocycles. The summed E-state index contributed by atoms with van der Waals surface area (Å²) in [7, 11) is 3.30. The maximum absolute atomic E-state index is 6.44. The Labute approximate surface area is 124 Å². The van der Waals surface area contributed by atoms with Gasteiger partial charge in [0.25, 0.3) is 0 Å². The van der Waals surface area contributed by atoms with Crippen LogP contribution in [0.2, 0.25) is 0 Å². The summed E-state index contributed by atoms with van der Waals surface area (Å²) >= 11 is 1.69. The molecule has 106 valence electrons. The molecule has 3 nitrogen and oxygen atoms in total. The van der Waals surface area contributed by atoms with Gasteiger partial charge in [0, 0.05) is 10.5 Å². The van der Waals surface area contributed by atoms with Crippen molar-refractivity contribution >= 4 is 11.8 Å². The Hall–Kier alpha value is -1.65. The molecule has 0 spiro atoms. The van der Waals surface area contributed by atoms with Crippen LogP contribution in [0.5, 0.6) is 11.5 Å². The first-order chi connectivity index (χ1) is 9.71. The third-order valence-electron chi connectivity index (χ3n) is 3.25. The van der Waals surface area contributed by atoms with Crippen molar-refractivity contribution < 1.29 is 9.47 Å². The molecule has 2 rings (SSSR count). The van der Waals surface area contributed by atoms with Crippen molar-refractivity contribution in [1.29, 1.82) is 0 Å². The fraction of sp³-hybridized carbons (Fsp3) is 0.250. The van der Waals surface area contributed by atoms with Gasteiger partial charge in [0.1, 0.15) is 11.5 Å². The van der Waals surface area contributed by atoms with Crippen molar-refractivity contribution in [3.8, 4) is 11.5 Å². The largest absolute Gasteiger partial charge is 0.497 e. The topological polar surface area (TPSA) is 44.5 Å². The monoisotopic (exact) mass is 289 g/mol. The van der Waals surface area contributed by atoms with Crippen LogP contribution in [0, 0.1) is 0 Å². The number of hydrogen-bond donors (Lipinski definition) is 1. The maximum atomic E-state index is 6.44. The maximum Gasteiger partial charge on any atom is 0.124 e. The Kier molecular flexibility index (Phi) is 4.93. The second-order valence-electron chi connectivity index (χ2n) is 4.33. The van der Waals surface area contributed by atoms with Crippen LogP contribution in [0.15, 0.2) is 47.4 Å². The lowest BCUT2D eigenvalue weighted by molar-refractivity contribution is 0.397. The van der Waals surface area contributed by atoms with E-state index >= 15 is 0 Å². The van der Waals surface area contributed by atoms with Gasteiger partial charge in [-0.15, -0.1) is 11.8 Å². The Morgan fingerprint density at radius 2 is 1.75 bits per heavy atom. The molecule has 0 radical (unpaired) electrons. The van der Waals surface area contributed by atoms with Gasteiger partial charge in [0.2, 0.25) is 0 Å². The van der Waals surface area contributed by atoms with Gasteiger partial charge in [-0.3, -0.25) is 0 Å². The summed E-state index contributed by atoms with van der Waals surface area (Å²) in [6, 6.07) is 13.6. The molecule has 0 heterocycles. The van der Waals surface area contributed by atoms with E-state index in [-0.39, 0.29) is 6.04 Å². The zero-order chi connectivity index (χ0) is 14.5. The van der Waals surface area contributed by atoms with Crippen molar-refractivity contribution in [2.45, 2.75) is 10.9 Å². The third-order valence-corrected chi connectivity index (χ3v) is 4.06. The molecular weight excluding hydrogens is 270 g/mol. The van der Waals surface area contributed by atoms with E-state index in [2.05, 4.69) is 12.1 Å². The van der Waals surface area contributed by atoms with Crippen LogP contribution in [-0.2, 0) is 0 Å². The van der Waals surface area contributed by atoms with Gasteiger partial charge >= 0.3 is 0 Å². The summed E-state index contributed by atoms with van der Waals surface area (Å²) in [5, 5.41) is 0. The molecule has 0 aromatic heterocycles. The van der Waals surface area contributed by atoms with E-state index < -0.39 is 0 Å². The molecule has 0 amide bonds. The van der Waals surface area contributed by atoms with Crippen molar-refractivity contribution in [3.05, 3.63) is 53.6 Å². The van der Waals surface area contributed by atoms with Crippen molar-refractivity contribution in [1.82, 2.24) is 0 Å². The highest BCUT2D eigenvalue weighted by atomic mass is 32.2. The lowest BCUT2D eigenvalue weighted by atomic mass is 9.98. The van der Waals surface area contributed by atoms with E-state index in [0.717, 1.165) is 22.6 Å². The Morgan fingerprint density at radius 3 is 2.40 bits per heavy atom. The number of hydrogen-bond acceptors (Lipinski definition) is 4. The smallest absolute Gasteiger partial charge is 0.124 e. The molecule has 1 atom stereocenters. The molecule has 2 aromatic rings.